The molecule has 1 aromatic heterocycles. The highest BCUT2D eigenvalue weighted by Gasteiger charge is 2.21. The average molecular weight is 286 g/mol. The Bertz CT molecular complexity index is 635. The molecule has 0 saturated heterocycles. The molecule has 1 atom stereocenters. The Hall–Kier alpha value is -1.88. The Morgan fingerprint density at radius 3 is 3.00 bits per heavy atom. The first-order chi connectivity index (χ1) is 10.1. The molecule has 1 N–H and O–H groups in total. The van der Waals surface area contributed by atoms with E-state index in [-0.39, 0.29) is 0 Å². The highest BCUT2D eigenvalue weighted by atomic mass is 16.5. The lowest BCUT2D eigenvalue weighted by atomic mass is 9.97. The first-order valence-corrected chi connectivity index (χ1v) is 7.45. The summed E-state index contributed by atoms with van der Waals surface area (Å²) in [5, 5.41) is 7.72. The Labute approximate surface area is 125 Å². The molecule has 0 radical (unpaired) electrons. The Morgan fingerprint density at radius 1 is 1.38 bits per heavy atom. The molecule has 5 heteroatoms. The van der Waals surface area contributed by atoms with Crippen molar-refractivity contribution in [2.75, 3.05) is 6.61 Å². The van der Waals surface area contributed by atoms with Gasteiger partial charge >= 0.3 is 0 Å². The summed E-state index contributed by atoms with van der Waals surface area (Å²) in [6.07, 6.45) is 3.73. The number of aromatic nitrogens is 3. The third kappa shape index (κ3) is 2.93. The zero-order chi connectivity index (χ0) is 14.8. The van der Waals surface area contributed by atoms with Gasteiger partial charge in [-0.3, -0.25) is 4.68 Å². The maximum Gasteiger partial charge on any atom is 0.140 e. The van der Waals surface area contributed by atoms with Gasteiger partial charge in [0.25, 0.3) is 0 Å². The summed E-state index contributed by atoms with van der Waals surface area (Å²) in [4.78, 5) is 4.27. The fourth-order valence-corrected chi connectivity index (χ4v) is 2.97. The average Bonchev–Trinajstić information content (AvgIpc) is 2.73. The molecule has 0 amide bonds. The molecule has 1 aromatic carbocycles. The van der Waals surface area contributed by atoms with E-state index in [1.54, 1.807) is 6.33 Å². The number of hydrogen-bond acceptors (Lipinski definition) is 4. The van der Waals surface area contributed by atoms with Crippen LogP contribution in [0.15, 0.2) is 18.5 Å². The molecule has 2 heterocycles. The number of benzene rings is 1. The minimum Gasteiger partial charge on any atom is -0.493 e. The largest absolute Gasteiger partial charge is 0.493 e. The van der Waals surface area contributed by atoms with E-state index < -0.39 is 0 Å². The first-order valence-electron chi connectivity index (χ1n) is 7.45. The van der Waals surface area contributed by atoms with Gasteiger partial charge in [0.15, 0.2) is 0 Å². The van der Waals surface area contributed by atoms with Crippen LogP contribution in [0.4, 0.5) is 0 Å². The lowest BCUT2D eigenvalue weighted by Gasteiger charge is -2.20. The van der Waals surface area contributed by atoms with Gasteiger partial charge in [0, 0.05) is 18.7 Å². The summed E-state index contributed by atoms with van der Waals surface area (Å²) in [6, 6.07) is 4.73. The van der Waals surface area contributed by atoms with Crippen molar-refractivity contribution in [2.45, 2.75) is 39.3 Å². The van der Waals surface area contributed by atoms with Crippen LogP contribution in [0.5, 0.6) is 5.75 Å². The third-order valence-electron chi connectivity index (χ3n) is 4.02. The summed E-state index contributed by atoms with van der Waals surface area (Å²) in [7, 11) is 1.92. The minimum atomic E-state index is 0.304. The van der Waals surface area contributed by atoms with Gasteiger partial charge in [0.1, 0.15) is 17.9 Å². The molecular weight excluding hydrogens is 264 g/mol. The predicted octanol–water partition coefficient (Wildman–Crippen LogP) is 2.44. The standard InChI is InChI=1S/C16H22N4O/c1-11-7-12(2)16-13(8-11)14(5-4-6-21-16)17-9-15-18-10-19-20(15)3/h7-8,10,14,17H,4-6,9H2,1-3H3/t14-/m1/s1. The van der Waals surface area contributed by atoms with Gasteiger partial charge in [-0.15, -0.1) is 0 Å². The van der Waals surface area contributed by atoms with Gasteiger partial charge in [0.2, 0.25) is 0 Å². The summed E-state index contributed by atoms with van der Waals surface area (Å²) >= 11 is 0. The summed E-state index contributed by atoms with van der Waals surface area (Å²) < 4.78 is 7.76. The van der Waals surface area contributed by atoms with Crippen LogP contribution in [0.2, 0.25) is 0 Å². The molecule has 5 nitrogen and oxygen atoms in total. The molecule has 0 fully saturated rings. The van der Waals surface area contributed by atoms with E-state index in [1.807, 2.05) is 11.7 Å². The molecule has 0 bridgehead atoms. The van der Waals surface area contributed by atoms with Gasteiger partial charge in [-0.1, -0.05) is 17.7 Å². The van der Waals surface area contributed by atoms with Gasteiger partial charge in [-0.25, -0.2) is 4.98 Å². The maximum atomic E-state index is 5.95. The van der Waals surface area contributed by atoms with E-state index in [0.29, 0.717) is 12.6 Å². The van der Waals surface area contributed by atoms with Crippen LogP contribution >= 0.6 is 0 Å². The molecule has 3 rings (SSSR count). The van der Waals surface area contributed by atoms with E-state index >= 15 is 0 Å². The molecule has 1 aliphatic heterocycles. The second kappa shape index (κ2) is 5.85. The van der Waals surface area contributed by atoms with E-state index in [4.69, 9.17) is 4.74 Å². The van der Waals surface area contributed by atoms with Crippen molar-refractivity contribution in [3.05, 3.63) is 41.0 Å². The van der Waals surface area contributed by atoms with Gasteiger partial charge in [-0.05, 0) is 32.3 Å². The summed E-state index contributed by atoms with van der Waals surface area (Å²) in [6.45, 7) is 5.77. The zero-order valence-corrected chi connectivity index (χ0v) is 12.9. The fourth-order valence-electron chi connectivity index (χ4n) is 2.97. The number of hydrogen-bond donors (Lipinski definition) is 1. The van der Waals surface area contributed by atoms with Gasteiger partial charge in [-0.2, -0.15) is 5.10 Å². The molecule has 2 aromatic rings. The Morgan fingerprint density at radius 2 is 2.24 bits per heavy atom. The Balaban J connectivity index is 1.84. The fraction of sp³-hybridized carbons (Fsp3) is 0.500. The number of aryl methyl sites for hydroxylation is 3. The monoisotopic (exact) mass is 286 g/mol. The quantitative estimate of drug-likeness (QED) is 0.941. The van der Waals surface area contributed by atoms with Crippen LogP contribution in [0, 0.1) is 13.8 Å². The van der Waals surface area contributed by atoms with Crippen molar-refractivity contribution in [3.63, 3.8) is 0 Å². The van der Waals surface area contributed by atoms with E-state index in [9.17, 15) is 0 Å². The molecule has 0 saturated carbocycles. The zero-order valence-electron chi connectivity index (χ0n) is 12.9. The van der Waals surface area contributed by atoms with Crippen LogP contribution < -0.4 is 10.1 Å². The van der Waals surface area contributed by atoms with Crippen molar-refractivity contribution in [2.24, 2.45) is 7.05 Å². The number of nitrogens with zero attached hydrogens (tertiary/aromatic N) is 3. The van der Waals surface area contributed by atoms with Gasteiger partial charge < -0.3 is 10.1 Å². The van der Waals surface area contributed by atoms with Crippen LogP contribution in [0.1, 0.15) is 41.4 Å². The van der Waals surface area contributed by atoms with Crippen LogP contribution in [-0.4, -0.2) is 21.4 Å². The van der Waals surface area contributed by atoms with Crippen molar-refractivity contribution in [1.29, 1.82) is 0 Å². The molecule has 1 aliphatic rings. The second-order valence-electron chi connectivity index (χ2n) is 5.72. The van der Waals surface area contributed by atoms with E-state index in [1.165, 1.54) is 16.7 Å². The molecule has 21 heavy (non-hydrogen) atoms. The molecule has 112 valence electrons. The molecular formula is C16H22N4O. The number of ether oxygens (including phenoxy) is 1. The summed E-state index contributed by atoms with van der Waals surface area (Å²) in [5.41, 5.74) is 3.77. The van der Waals surface area contributed by atoms with Crippen LogP contribution in [0.25, 0.3) is 0 Å². The number of rotatable bonds is 3. The maximum absolute atomic E-state index is 5.95. The SMILES string of the molecule is Cc1cc(C)c2c(c1)[C@H](NCc1ncnn1C)CCCO2. The van der Waals surface area contributed by atoms with E-state index in [2.05, 4.69) is 41.4 Å². The van der Waals surface area contributed by atoms with Crippen LogP contribution in [0.3, 0.4) is 0 Å². The van der Waals surface area contributed by atoms with Crippen molar-refractivity contribution < 1.29 is 4.74 Å². The Kier molecular flexibility index (Phi) is 3.92. The predicted molar refractivity (Wildman–Crippen MR) is 81.2 cm³/mol. The normalized spacial score (nSPS) is 18.0. The van der Waals surface area contributed by atoms with Gasteiger partial charge in [0.05, 0.1) is 13.2 Å². The van der Waals surface area contributed by atoms with E-state index in [0.717, 1.165) is 31.0 Å². The lowest BCUT2D eigenvalue weighted by molar-refractivity contribution is 0.313. The lowest BCUT2D eigenvalue weighted by Crippen LogP contribution is -2.22. The van der Waals surface area contributed by atoms with Crippen molar-refractivity contribution >= 4 is 0 Å². The summed E-state index contributed by atoms with van der Waals surface area (Å²) in [5.74, 6) is 2.00. The minimum absolute atomic E-state index is 0.304. The topological polar surface area (TPSA) is 52.0 Å². The second-order valence-corrected chi connectivity index (χ2v) is 5.72. The molecule has 0 aliphatic carbocycles. The van der Waals surface area contributed by atoms with Crippen LogP contribution in [-0.2, 0) is 13.6 Å². The molecule has 0 spiro atoms. The smallest absolute Gasteiger partial charge is 0.140 e. The molecule has 0 unspecified atom stereocenters. The number of nitrogens with one attached hydrogen (secondary N) is 1. The van der Waals surface area contributed by atoms with Crippen molar-refractivity contribution in [1.82, 2.24) is 20.1 Å². The van der Waals surface area contributed by atoms with Crippen molar-refractivity contribution in [3.8, 4) is 5.75 Å². The highest BCUT2D eigenvalue weighted by Crippen LogP contribution is 2.35. The first kappa shape index (κ1) is 14.1. The number of fused-ring (bicyclic) bond motifs is 1. The third-order valence-corrected chi connectivity index (χ3v) is 4.02. The highest BCUT2D eigenvalue weighted by molar-refractivity contribution is 5.46.